The summed E-state index contributed by atoms with van der Waals surface area (Å²) in [4.78, 5) is 0. The fourth-order valence-electron chi connectivity index (χ4n) is 4.39. The molecule has 2 unspecified atom stereocenters. The van der Waals surface area contributed by atoms with Gasteiger partial charge in [-0.05, 0) is 31.1 Å². The summed E-state index contributed by atoms with van der Waals surface area (Å²) in [5, 5.41) is 0.457. The smallest absolute Gasteiger partial charge is 0.327 e. The third-order valence-corrected chi connectivity index (χ3v) is 8.03. The van der Waals surface area contributed by atoms with Crippen LogP contribution in [0.2, 0.25) is 5.04 Å². The molecule has 2 nitrogen and oxygen atoms in total. The molecule has 0 aromatic rings. The lowest BCUT2D eigenvalue weighted by atomic mass is 9.74. The van der Waals surface area contributed by atoms with Crippen molar-refractivity contribution < 1.29 is 8.85 Å². The van der Waals surface area contributed by atoms with Crippen molar-refractivity contribution in [3.8, 4) is 0 Å². The first-order chi connectivity index (χ1) is 8.23. The predicted molar refractivity (Wildman–Crippen MR) is 73.5 cm³/mol. The van der Waals surface area contributed by atoms with Crippen LogP contribution in [0.15, 0.2) is 0 Å². The molecule has 0 aromatic carbocycles. The first-order valence-corrected chi connectivity index (χ1v) is 8.80. The van der Waals surface area contributed by atoms with Crippen LogP contribution in [-0.4, -0.2) is 23.5 Å². The monoisotopic (exact) mass is 256 g/mol. The number of rotatable bonds is 4. The van der Waals surface area contributed by atoms with Gasteiger partial charge in [-0.3, -0.25) is 0 Å². The van der Waals surface area contributed by atoms with E-state index < -0.39 is 9.28 Å². The van der Waals surface area contributed by atoms with Crippen molar-refractivity contribution in [3.05, 3.63) is 0 Å². The SMILES string of the molecule is CO[SiH](OC)C1(C2CCCC(C)C2)CCCC1. The van der Waals surface area contributed by atoms with Gasteiger partial charge in [-0.25, -0.2) is 0 Å². The van der Waals surface area contributed by atoms with Gasteiger partial charge in [-0.15, -0.1) is 0 Å². The maximum absolute atomic E-state index is 5.79. The third-order valence-electron chi connectivity index (χ3n) is 5.18. The minimum atomic E-state index is -1.48. The zero-order valence-corrected chi connectivity index (χ0v) is 12.9. The van der Waals surface area contributed by atoms with E-state index in [2.05, 4.69) is 6.92 Å². The molecule has 0 spiro atoms. The molecule has 17 heavy (non-hydrogen) atoms. The Hall–Kier alpha value is 0.137. The quantitative estimate of drug-likeness (QED) is 0.715. The summed E-state index contributed by atoms with van der Waals surface area (Å²) < 4.78 is 11.6. The van der Waals surface area contributed by atoms with Crippen molar-refractivity contribution in [1.82, 2.24) is 0 Å². The van der Waals surface area contributed by atoms with Crippen molar-refractivity contribution >= 4 is 9.28 Å². The Labute approximate surface area is 108 Å². The zero-order chi connectivity index (χ0) is 12.3. The van der Waals surface area contributed by atoms with Crippen LogP contribution in [0, 0.1) is 11.8 Å². The fourth-order valence-corrected chi connectivity index (χ4v) is 7.09. The molecule has 100 valence electrons. The largest absolute Gasteiger partial charge is 0.400 e. The molecule has 2 aliphatic rings. The highest BCUT2D eigenvalue weighted by Gasteiger charge is 2.50. The summed E-state index contributed by atoms with van der Waals surface area (Å²) in [5.74, 6) is 1.79. The Morgan fingerprint density at radius 1 is 1.00 bits per heavy atom. The van der Waals surface area contributed by atoms with Gasteiger partial charge >= 0.3 is 9.28 Å². The molecule has 2 fully saturated rings. The second-order valence-electron chi connectivity index (χ2n) is 6.21. The van der Waals surface area contributed by atoms with Gasteiger partial charge in [0.2, 0.25) is 0 Å². The number of hydrogen-bond acceptors (Lipinski definition) is 2. The summed E-state index contributed by atoms with van der Waals surface area (Å²) in [6, 6.07) is 0. The summed E-state index contributed by atoms with van der Waals surface area (Å²) in [7, 11) is 2.25. The van der Waals surface area contributed by atoms with Crippen LogP contribution in [-0.2, 0) is 8.85 Å². The molecule has 0 radical (unpaired) electrons. The van der Waals surface area contributed by atoms with E-state index in [0.29, 0.717) is 5.04 Å². The molecule has 0 aliphatic heterocycles. The van der Waals surface area contributed by atoms with Crippen LogP contribution in [0.25, 0.3) is 0 Å². The molecule has 0 heterocycles. The molecule has 0 aromatic heterocycles. The molecule has 3 heteroatoms. The van der Waals surface area contributed by atoms with E-state index in [-0.39, 0.29) is 0 Å². The first-order valence-electron chi connectivity index (χ1n) is 7.28. The molecule has 0 amide bonds. The van der Waals surface area contributed by atoms with E-state index in [4.69, 9.17) is 8.85 Å². The van der Waals surface area contributed by atoms with Crippen molar-refractivity contribution in [3.63, 3.8) is 0 Å². The molecule has 0 bridgehead atoms. The summed E-state index contributed by atoms with van der Waals surface area (Å²) in [5.41, 5.74) is 0. The van der Waals surface area contributed by atoms with Crippen LogP contribution in [0.1, 0.15) is 58.3 Å². The molecular weight excluding hydrogens is 228 g/mol. The summed E-state index contributed by atoms with van der Waals surface area (Å²) in [6.07, 6.45) is 11.2. The van der Waals surface area contributed by atoms with E-state index in [0.717, 1.165) is 11.8 Å². The highest BCUT2D eigenvalue weighted by atomic mass is 28.3. The van der Waals surface area contributed by atoms with E-state index in [1.54, 1.807) is 0 Å². The average molecular weight is 256 g/mol. The standard InChI is InChI=1S/C14H28O2Si/c1-12-7-6-8-13(11-12)14(9-4-5-10-14)17(15-2)16-3/h12-13,17H,4-11H2,1-3H3. The van der Waals surface area contributed by atoms with Crippen molar-refractivity contribution in [1.29, 1.82) is 0 Å². The van der Waals surface area contributed by atoms with E-state index >= 15 is 0 Å². The van der Waals surface area contributed by atoms with Gasteiger partial charge in [0.25, 0.3) is 0 Å². The molecule has 0 N–H and O–H groups in total. The summed E-state index contributed by atoms with van der Waals surface area (Å²) in [6.45, 7) is 2.42. The molecule has 2 rings (SSSR count). The Balaban J connectivity index is 2.14. The average Bonchev–Trinajstić information content (AvgIpc) is 2.81. The minimum absolute atomic E-state index is 0.457. The fraction of sp³-hybridized carbons (Fsp3) is 1.00. The van der Waals surface area contributed by atoms with Crippen LogP contribution < -0.4 is 0 Å². The van der Waals surface area contributed by atoms with E-state index in [1.165, 1.54) is 51.4 Å². The predicted octanol–water partition coefficient (Wildman–Crippen LogP) is 3.64. The maximum atomic E-state index is 5.79. The lowest BCUT2D eigenvalue weighted by molar-refractivity contribution is 0.157. The van der Waals surface area contributed by atoms with Gasteiger partial charge in [-0.1, -0.05) is 39.0 Å². The maximum Gasteiger partial charge on any atom is 0.327 e. The van der Waals surface area contributed by atoms with Gasteiger partial charge in [0.15, 0.2) is 0 Å². The molecule has 2 aliphatic carbocycles. The normalized spacial score (nSPS) is 33.2. The van der Waals surface area contributed by atoms with Crippen LogP contribution >= 0.6 is 0 Å². The topological polar surface area (TPSA) is 18.5 Å². The lowest BCUT2D eigenvalue weighted by Gasteiger charge is -2.44. The van der Waals surface area contributed by atoms with Gasteiger partial charge in [-0.2, -0.15) is 0 Å². The van der Waals surface area contributed by atoms with Gasteiger partial charge < -0.3 is 8.85 Å². The second kappa shape index (κ2) is 5.85. The molecule has 2 saturated carbocycles. The van der Waals surface area contributed by atoms with Gasteiger partial charge in [0.05, 0.1) is 0 Å². The van der Waals surface area contributed by atoms with Crippen molar-refractivity contribution in [2.45, 2.75) is 63.3 Å². The van der Waals surface area contributed by atoms with Crippen LogP contribution in [0.5, 0.6) is 0 Å². The van der Waals surface area contributed by atoms with Gasteiger partial charge in [0.1, 0.15) is 0 Å². The molecule has 2 atom stereocenters. The van der Waals surface area contributed by atoms with Gasteiger partial charge in [0, 0.05) is 19.3 Å². The lowest BCUT2D eigenvalue weighted by Crippen LogP contribution is -2.42. The first kappa shape index (κ1) is 13.6. The Morgan fingerprint density at radius 2 is 1.65 bits per heavy atom. The Kier molecular flexibility index (Phi) is 4.67. The Morgan fingerprint density at radius 3 is 2.18 bits per heavy atom. The van der Waals surface area contributed by atoms with Crippen molar-refractivity contribution in [2.24, 2.45) is 11.8 Å². The van der Waals surface area contributed by atoms with Crippen LogP contribution in [0.4, 0.5) is 0 Å². The highest BCUT2D eigenvalue weighted by Crippen LogP contribution is 2.58. The Bertz CT molecular complexity index is 234. The highest BCUT2D eigenvalue weighted by molar-refractivity contribution is 6.48. The van der Waals surface area contributed by atoms with Crippen LogP contribution in [0.3, 0.4) is 0 Å². The number of hydrogen-bond donors (Lipinski definition) is 0. The van der Waals surface area contributed by atoms with E-state index in [9.17, 15) is 0 Å². The van der Waals surface area contributed by atoms with E-state index in [1.807, 2.05) is 14.2 Å². The summed E-state index contributed by atoms with van der Waals surface area (Å²) >= 11 is 0. The second-order valence-corrected chi connectivity index (χ2v) is 8.97. The molecular formula is C14H28O2Si. The zero-order valence-electron chi connectivity index (χ0n) is 11.7. The molecule has 0 saturated heterocycles. The van der Waals surface area contributed by atoms with Crippen molar-refractivity contribution in [2.75, 3.05) is 14.2 Å². The minimum Gasteiger partial charge on any atom is -0.400 e. The third kappa shape index (κ3) is 2.61.